The van der Waals surface area contributed by atoms with Crippen LogP contribution in [0.1, 0.15) is 34.1 Å². The Labute approximate surface area is 184 Å². The Bertz CT molecular complexity index is 1130. The SMILES string of the molecule is COc1ccc(C2=NN(C(=O)CN(C)C(=O)c3ccco3)[C@@H](c3ccc(F)cc3)C2)cc1. The van der Waals surface area contributed by atoms with Gasteiger partial charge in [0, 0.05) is 13.5 Å². The summed E-state index contributed by atoms with van der Waals surface area (Å²) in [5.74, 6) is -0.247. The average Bonchev–Trinajstić information content (AvgIpc) is 3.50. The largest absolute Gasteiger partial charge is 0.497 e. The first-order chi connectivity index (χ1) is 15.5. The number of rotatable bonds is 6. The van der Waals surface area contributed by atoms with Gasteiger partial charge >= 0.3 is 0 Å². The molecule has 32 heavy (non-hydrogen) atoms. The number of hydrogen-bond donors (Lipinski definition) is 0. The Morgan fingerprint density at radius 1 is 1.16 bits per heavy atom. The molecule has 0 fully saturated rings. The summed E-state index contributed by atoms with van der Waals surface area (Å²) in [7, 11) is 3.12. The van der Waals surface area contributed by atoms with Gasteiger partial charge in [0.2, 0.25) is 0 Å². The summed E-state index contributed by atoms with van der Waals surface area (Å²) in [6.45, 7) is -0.184. The Morgan fingerprint density at radius 3 is 2.50 bits per heavy atom. The van der Waals surface area contributed by atoms with Crippen LogP contribution in [0.4, 0.5) is 4.39 Å². The third kappa shape index (κ3) is 4.39. The lowest BCUT2D eigenvalue weighted by Crippen LogP contribution is -2.39. The van der Waals surface area contributed by atoms with E-state index in [0.29, 0.717) is 12.2 Å². The number of halogens is 1. The molecule has 1 atom stereocenters. The molecule has 8 heteroatoms. The van der Waals surface area contributed by atoms with Crippen LogP contribution in [0.15, 0.2) is 76.4 Å². The van der Waals surface area contributed by atoms with E-state index in [1.165, 1.54) is 35.4 Å². The summed E-state index contributed by atoms with van der Waals surface area (Å²) in [5.41, 5.74) is 2.33. The fourth-order valence-electron chi connectivity index (χ4n) is 3.58. The zero-order valence-electron chi connectivity index (χ0n) is 17.7. The van der Waals surface area contributed by atoms with Crippen LogP contribution in [0.25, 0.3) is 0 Å². The van der Waals surface area contributed by atoms with Crippen LogP contribution in [0.3, 0.4) is 0 Å². The summed E-state index contributed by atoms with van der Waals surface area (Å²) >= 11 is 0. The van der Waals surface area contributed by atoms with Crippen LogP contribution >= 0.6 is 0 Å². The lowest BCUT2D eigenvalue weighted by Gasteiger charge is -2.24. The Morgan fingerprint density at radius 2 is 1.88 bits per heavy atom. The van der Waals surface area contributed by atoms with Gasteiger partial charge in [-0.1, -0.05) is 12.1 Å². The molecule has 0 radical (unpaired) electrons. The Kier molecular flexibility index (Phi) is 6.02. The quantitative estimate of drug-likeness (QED) is 0.589. The van der Waals surface area contributed by atoms with Crippen molar-refractivity contribution in [1.29, 1.82) is 0 Å². The maximum atomic E-state index is 13.5. The van der Waals surface area contributed by atoms with Crippen molar-refractivity contribution in [2.75, 3.05) is 20.7 Å². The van der Waals surface area contributed by atoms with Crippen LogP contribution in [0.5, 0.6) is 5.75 Å². The van der Waals surface area contributed by atoms with E-state index in [1.807, 2.05) is 24.3 Å². The molecule has 1 aromatic heterocycles. The van der Waals surface area contributed by atoms with Crippen LogP contribution in [-0.2, 0) is 4.79 Å². The number of benzene rings is 2. The van der Waals surface area contributed by atoms with E-state index in [9.17, 15) is 14.0 Å². The summed E-state index contributed by atoms with van der Waals surface area (Å²) in [6, 6.07) is 16.1. The third-order valence-corrected chi connectivity index (χ3v) is 5.30. The molecule has 0 saturated heterocycles. The van der Waals surface area contributed by atoms with Gasteiger partial charge in [-0.2, -0.15) is 5.10 Å². The van der Waals surface area contributed by atoms with Gasteiger partial charge in [0.05, 0.1) is 25.1 Å². The lowest BCUT2D eigenvalue weighted by molar-refractivity contribution is -0.133. The fourth-order valence-corrected chi connectivity index (χ4v) is 3.58. The van der Waals surface area contributed by atoms with Crippen molar-refractivity contribution < 1.29 is 23.1 Å². The minimum Gasteiger partial charge on any atom is -0.497 e. The van der Waals surface area contributed by atoms with E-state index in [4.69, 9.17) is 9.15 Å². The molecule has 0 unspecified atom stereocenters. The number of amides is 2. The molecular weight excluding hydrogens is 413 g/mol. The molecule has 2 amide bonds. The summed E-state index contributed by atoms with van der Waals surface area (Å²) < 4.78 is 23.8. The number of carbonyl (C=O) groups excluding carboxylic acids is 2. The molecule has 0 aliphatic carbocycles. The highest BCUT2D eigenvalue weighted by molar-refractivity contribution is 6.03. The van der Waals surface area contributed by atoms with Gasteiger partial charge in [-0.25, -0.2) is 9.40 Å². The van der Waals surface area contributed by atoms with Crippen LogP contribution in [-0.4, -0.2) is 48.1 Å². The molecule has 0 bridgehead atoms. The smallest absolute Gasteiger partial charge is 0.289 e. The van der Waals surface area contributed by atoms with Gasteiger partial charge in [-0.05, 0) is 59.7 Å². The predicted octanol–water partition coefficient (Wildman–Crippen LogP) is 3.88. The Balaban J connectivity index is 1.59. The standard InChI is InChI=1S/C24H22FN3O4/c1-27(24(30)22-4-3-13-32-22)15-23(29)28-21(17-5-9-18(25)10-6-17)14-20(26-28)16-7-11-19(31-2)12-8-16/h3-13,21H,14-15H2,1-2H3/t21-/m1/s1. The van der Waals surface area contributed by atoms with E-state index >= 15 is 0 Å². The number of furan rings is 1. The second-order valence-corrected chi connectivity index (χ2v) is 7.42. The first-order valence-corrected chi connectivity index (χ1v) is 10.0. The molecule has 164 valence electrons. The molecule has 2 heterocycles. The lowest BCUT2D eigenvalue weighted by atomic mass is 9.98. The summed E-state index contributed by atoms with van der Waals surface area (Å²) in [6.07, 6.45) is 1.86. The van der Waals surface area contributed by atoms with Crippen LogP contribution < -0.4 is 4.74 Å². The van der Waals surface area contributed by atoms with Gasteiger partial charge in [0.15, 0.2) is 5.76 Å². The second kappa shape index (κ2) is 9.05. The average molecular weight is 435 g/mol. The van der Waals surface area contributed by atoms with Crippen molar-refractivity contribution in [3.8, 4) is 5.75 Å². The number of nitrogens with zero attached hydrogens (tertiary/aromatic N) is 3. The highest BCUT2D eigenvalue weighted by atomic mass is 19.1. The minimum absolute atomic E-state index is 0.152. The van der Waals surface area contributed by atoms with Gasteiger partial charge < -0.3 is 14.1 Å². The maximum Gasteiger partial charge on any atom is 0.289 e. The molecule has 0 saturated carbocycles. The number of hydrazone groups is 1. The van der Waals surface area contributed by atoms with Crippen LogP contribution in [0, 0.1) is 5.82 Å². The minimum atomic E-state index is -0.410. The maximum absolute atomic E-state index is 13.5. The molecule has 3 aromatic rings. The zero-order chi connectivity index (χ0) is 22.7. The van der Waals surface area contributed by atoms with Crippen LogP contribution in [0.2, 0.25) is 0 Å². The van der Waals surface area contributed by atoms with Gasteiger partial charge in [-0.15, -0.1) is 0 Å². The van der Waals surface area contributed by atoms with Crippen molar-refractivity contribution in [1.82, 2.24) is 9.91 Å². The van der Waals surface area contributed by atoms with Crippen molar-refractivity contribution in [3.63, 3.8) is 0 Å². The van der Waals surface area contributed by atoms with E-state index < -0.39 is 11.9 Å². The van der Waals surface area contributed by atoms with Crippen molar-refractivity contribution in [2.45, 2.75) is 12.5 Å². The summed E-state index contributed by atoms with van der Waals surface area (Å²) in [5, 5.41) is 5.95. The first kappa shape index (κ1) is 21.3. The first-order valence-electron chi connectivity index (χ1n) is 10.0. The Hall–Kier alpha value is -3.94. The number of ether oxygens (including phenoxy) is 1. The van der Waals surface area contributed by atoms with E-state index in [-0.39, 0.29) is 24.0 Å². The third-order valence-electron chi connectivity index (χ3n) is 5.30. The van der Waals surface area contributed by atoms with E-state index in [1.54, 1.807) is 31.4 Å². The number of likely N-dealkylation sites (N-methyl/N-ethyl adjacent to an activating group) is 1. The molecule has 0 N–H and O–H groups in total. The van der Waals surface area contributed by atoms with Gasteiger partial charge in [-0.3, -0.25) is 9.59 Å². The monoisotopic (exact) mass is 435 g/mol. The number of hydrogen-bond acceptors (Lipinski definition) is 5. The van der Waals surface area contributed by atoms with E-state index in [2.05, 4.69) is 5.10 Å². The molecular formula is C24H22FN3O4. The predicted molar refractivity (Wildman–Crippen MR) is 116 cm³/mol. The summed E-state index contributed by atoms with van der Waals surface area (Å²) in [4.78, 5) is 26.9. The molecule has 0 spiro atoms. The highest BCUT2D eigenvalue weighted by Crippen LogP contribution is 2.33. The van der Waals surface area contributed by atoms with Gasteiger partial charge in [0.1, 0.15) is 18.1 Å². The number of methoxy groups -OCH3 is 1. The fraction of sp³-hybridized carbons (Fsp3) is 0.208. The second-order valence-electron chi connectivity index (χ2n) is 7.42. The molecule has 1 aliphatic rings. The van der Waals surface area contributed by atoms with Gasteiger partial charge in [0.25, 0.3) is 11.8 Å². The normalized spacial score (nSPS) is 15.4. The van der Waals surface area contributed by atoms with Crippen molar-refractivity contribution in [3.05, 3.63) is 89.6 Å². The molecule has 7 nitrogen and oxygen atoms in total. The zero-order valence-corrected chi connectivity index (χ0v) is 17.7. The topological polar surface area (TPSA) is 75.3 Å². The highest BCUT2D eigenvalue weighted by Gasteiger charge is 2.34. The van der Waals surface area contributed by atoms with Crippen molar-refractivity contribution in [2.24, 2.45) is 5.10 Å². The molecule has 1 aliphatic heterocycles. The molecule has 2 aromatic carbocycles. The van der Waals surface area contributed by atoms with E-state index in [0.717, 1.165) is 16.8 Å². The number of carbonyl (C=O) groups is 2. The molecule has 4 rings (SSSR count). The van der Waals surface area contributed by atoms with Crippen molar-refractivity contribution >= 4 is 17.5 Å².